The number of anilines is 1. The molecule has 1 aromatic heterocycles. The number of rotatable bonds is 3. The summed E-state index contributed by atoms with van der Waals surface area (Å²) in [5.74, 6) is -0.764. The SMILES string of the molecule is Cc1ccc2[nH]c(=O)ccc2c1NC(=O)C1=CN(C)C(O)NC1c1ccc(F)cc1. The van der Waals surface area contributed by atoms with E-state index in [2.05, 4.69) is 15.6 Å². The summed E-state index contributed by atoms with van der Waals surface area (Å²) in [5.41, 5.74) is 2.80. The first-order chi connectivity index (χ1) is 14.3. The Labute approximate surface area is 171 Å². The molecule has 0 saturated heterocycles. The standard InChI is InChI=1S/C22H21FN4O3/c1-12-3-9-17-15(8-10-18(28)24-17)19(12)25-21(29)16-11-27(2)22(30)26-20(16)13-4-6-14(23)7-5-13/h3-11,20,22,26,30H,1-2H3,(H,24,28)(H,25,29). The zero-order valence-corrected chi connectivity index (χ0v) is 16.4. The second-order valence-corrected chi connectivity index (χ2v) is 7.27. The molecule has 30 heavy (non-hydrogen) atoms. The first-order valence-corrected chi connectivity index (χ1v) is 9.41. The van der Waals surface area contributed by atoms with Gasteiger partial charge in [-0.3, -0.25) is 14.9 Å². The molecule has 1 amide bonds. The van der Waals surface area contributed by atoms with Gasteiger partial charge in [0.15, 0.2) is 6.35 Å². The van der Waals surface area contributed by atoms with Gasteiger partial charge in [-0.15, -0.1) is 0 Å². The molecular weight excluding hydrogens is 387 g/mol. The lowest BCUT2D eigenvalue weighted by atomic mass is 9.96. The minimum atomic E-state index is -0.999. The van der Waals surface area contributed by atoms with E-state index < -0.39 is 12.4 Å². The number of nitrogens with zero attached hydrogens (tertiary/aromatic N) is 1. The van der Waals surface area contributed by atoms with E-state index in [1.165, 1.54) is 23.1 Å². The second-order valence-electron chi connectivity index (χ2n) is 7.27. The van der Waals surface area contributed by atoms with Gasteiger partial charge < -0.3 is 20.3 Å². The molecule has 2 heterocycles. The molecule has 154 valence electrons. The first kappa shape index (κ1) is 19.8. The van der Waals surface area contributed by atoms with Gasteiger partial charge >= 0.3 is 0 Å². The third-order valence-electron chi connectivity index (χ3n) is 5.17. The quantitative estimate of drug-likeness (QED) is 0.534. The summed E-state index contributed by atoms with van der Waals surface area (Å²) < 4.78 is 13.4. The average molecular weight is 408 g/mol. The molecule has 0 spiro atoms. The summed E-state index contributed by atoms with van der Waals surface area (Å²) in [6.07, 6.45) is 0.563. The van der Waals surface area contributed by atoms with Crippen LogP contribution < -0.4 is 16.2 Å². The number of benzene rings is 2. The molecule has 2 aromatic carbocycles. The van der Waals surface area contributed by atoms with Crippen LogP contribution in [0.15, 0.2) is 65.1 Å². The molecular formula is C22H21FN4O3. The Kier molecular flexibility index (Phi) is 5.11. The van der Waals surface area contributed by atoms with Gasteiger partial charge in [0, 0.05) is 24.7 Å². The maximum atomic E-state index is 13.4. The van der Waals surface area contributed by atoms with Crippen molar-refractivity contribution in [2.75, 3.05) is 12.4 Å². The Bertz CT molecular complexity index is 1200. The zero-order valence-electron chi connectivity index (χ0n) is 16.4. The highest BCUT2D eigenvalue weighted by Gasteiger charge is 2.31. The van der Waals surface area contributed by atoms with E-state index in [4.69, 9.17) is 0 Å². The molecule has 2 unspecified atom stereocenters. The fraction of sp³-hybridized carbons (Fsp3) is 0.182. The maximum Gasteiger partial charge on any atom is 0.255 e. The van der Waals surface area contributed by atoms with Gasteiger partial charge in [-0.05, 0) is 42.3 Å². The third-order valence-corrected chi connectivity index (χ3v) is 5.17. The topological polar surface area (TPSA) is 97.5 Å². The van der Waals surface area contributed by atoms with Crippen LogP contribution in [0.3, 0.4) is 0 Å². The lowest BCUT2D eigenvalue weighted by molar-refractivity contribution is -0.114. The smallest absolute Gasteiger partial charge is 0.255 e. The molecule has 3 aromatic rings. The number of pyridine rings is 1. The van der Waals surface area contributed by atoms with Crippen LogP contribution in [-0.2, 0) is 4.79 Å². The molecule has 4 rings (SSSR count). The third kappa shape index (κ3) is 3.70. The van der Waals surface area contributed by atoms with Gasteiger partial charge in [0.05, 0.1) is 22.8 Å². The monoisotopic (exact) mass is 408 g/mol. The summed E-state index contributed by atoms with van der Waals surface area (Å²) in [6.45, 7) is 1.86. The molecule has 0 bridgehead atoms. The number of carbonyl (C=O) groups is 1. The van der Waals surface area contributed by atoms with E-state index in [-0.39, 0.29) is 17.3 Å². The number of hydrogen-bond acceptors (Lipinski definition) is 5. The van der Waals surface area contributed by atoms with E-state index in [1.54, 1.807) is 37.5 Å². The number of aromatic amines is 1. The van der Waals surface area contributed by atoms with Crippen molar-refractivity contribution < 1.29 is 14.3 Å². The minimum Gasteiger partial charge on any atom is -0.361 e. The fourth-order valence-electron chi connectivity index (χ4n) is 3.54. The highest BCUT2D eigenvalue weighted by molar-refractivity contribution is 6.09. The highest BCUT2D eigenvalue weighted by atomic mass is 19.1. The molecule has 4 N–H and O–H groups in total. The van der Waals surface area contributed by atoms with Crippen LogP contribution in [0, 0.1) is 12.7 Å². The molecule has 0 saturated carbocycles. The molecule has 1 aliphatic rings. The Morgan fingerprint density at radius 1 is 1.13 bits per heavy atom. The van der Waals surface area contributed by atoms with Crippen LogP contribution in [-0.4, -0.2) is 34.3 Å². The van der Waals surface area contributed by atoms with Crippen LogP contribution in [0.25, 0.3) is 10.9 Å². The Morgan fingerprint density at radius 2 is 1.87 bits per heavy atom. The number of amides is 1. The predicted molar refractivity (Wildman–Crippen MR) is 112 cm³/mol. The summed E-state index contributed by atoms with van der Waals surface area (Å²) in [6, 6.07) is 11.8. The van der Waals surface area contributed by atoms with Crippen LogP contribution in [0.2, 0.25) is 0 Å². The van der Waals surface area contributed by atoms with Crippen molar-refractivity contribution in [3.63, 3.8) is 0 Å². The van der Waals surface area contributed by atoms with Crippen LogP contribution >= 0.6 is 0 Å². The summed E-state index contributed by atoms with van der Waals surface area (Å²) in [5, 5.41) is 16.8. The Morgan fingerprint density at radius 3 is 2.60 bits per heavy atom. The van der Waals surface area contributed by atoms with Crippen molar-refractivity contribution in [2.24, 2.45) is 0 Å². The summed E-state index contributed by atoms with van der Waals surface area (Å²) >= 11 is 0. The highest BCUT2D eigenvalue weighted by Crippen LogP contribution is 2.30. The van der Waals surface area contributed by atoms with E-state index in [0.717, 1.165) is 5.56 Å². The number of aromatic nitrogens is 1. The van der Waals surface area contributed by atoms with Crippen LogP contribution in [0.5, 0.6) is 0 Å². The van der Waals surface area contributed by atoms with Gasteiger partial charge in [0.25, 0.3) is 5.91 Å². The van der Waals surface area contributed by atoms with Gasteiger partial charge in [-0.1, -0.05) is 18.2 Å². The molecule has 7 nitrogen and oxygen atoms in total. The van der Waals surface area contributed by atoms with E-state index in [0.29, 0.717) is 27.7 Å². The first-order valence-electron chi connectivity index (χ1n) is 9.41. The number of nitrogens with one attached hydrogen (secondary N) is 3. The summed E-state index contributed by atoms with van der Waals surface area (Å²) in [4.78, 5) is 29.1. The molecule has 0 radical (unpaired) electrons. The molecule has 1 aliphatic heterocycles. The number of aryl methyl sites for hydroxylation is 1. The molecule has 2 atom stereocenters. The van der Waals surface area contributed by atoms with Crippen molar-refractivity contribution in [3.05, 3.63) is 87.6 Å². The van der Waals surface area contributed by atoms with Gasteiger partial charge in [-0.2, -0.15) is 0 Å². The predicted octanol–water partition coefficient (Wildman–Crippen LogP) is 2.35. The molecule has 0 aliphatic carbocycles. The van der Waals surface area contributed by atoms with Gasteiger partial charge in [0.2, 0.25) is 5.56 Å². The average Bonchev–Trinajstić information content (AvgIpc) is 2.72. The van der Waals surface area contributed by atoms with Crippen molar-refractivity contribution >= 4 is 22.5 Å². The van der Waals surface area contributed by atoms with E-state index >= 15 is 0 Å². The lowest BCUT2D eigenvalue weighted by Gasteiger charge is -2.35. The van der Waals surface area contributed by atoms with Gasteiger partial charge in [0.1, 0.15) is 5.82 Å². The Hall–Kier alpha value is -3.49. The number of aliphatic hydroxyl groups is 1. The Balaban J connectivity index is 1.73. The zero-order chi connectivity index (χ0) is 21.4. The number of aliphatic hydroxyl groups excluding tert-OH is 1. The van der Waals surface area contributed by atoms with Crippen LogP contribution in [0.4, 0.5) is 10.1 Å². The van der Waals surface area contributed by atoms with E-state index in [9.17, 15) is 19.1 Å². The van der Waals surface area contributed by atoms with Crippen molar-refractivity contribution in [3.8, 4) is 0 Å². The number of carbonyl (C=O) groups excluding carboxylic acids is 1. The van der Waals surface area contributed by atoms with Crippen LogP contribution in [0.1, 0.15) is 17.2 Å². The number of hydrogen-bond donors (Lipinski definition) is 4. The van der Waals surface area contributed by atoms with Gasteiger partial charge in [-0.25, -0.2) is 4.39 Å². The normalized spacial score (nSPS) is 18.9. The molecule has 8 heteroatoms. The van der Waals surface area contributed by atoms with E-state index in [1.807, 2.05) is 13.0 Å². The molecule has 0 fully saturated rings. The summed E-state index contributed by atoms with van der Waals surface area (Å²) in [7, 11) is 1.64. The minimum absolute atomic E-state index is 0.227. The lowest BCUT2D eigenvalue weighted by Crippen LogP contribution is -2.48. The van der Waals surface area contributed by atoms with Crippen molar-refractivity contribution in [1.82, 2.24) is 15.2 Å². The number of halogens is 1. The van der Waals surface area contributed by atoms with Crippen molar-refractivity contribution in [2.45, 2.75) is 19.3 Å². The fourth-order valence-corrected chi connectivity index (χ4v) is 3.54. The largest absolute Gasteiger partial charge is 0.361 e. The maximum absolute atomic E-state index is 13.4. The second kappa shape index (κ2) is 7.74. The van der Waals surface area contributed by atoms with Crippen molar-refractivity contribution in [1.29, 1.82) is 0 Å². The number of fused-ring (bicyclic) bond motifs is 1. The number of H-pyrrole nitrogens is 1.